The van der Waals surface area contributed by atoms with Crippen molar-refractivity contribution in [3.8, 4) is 0 Å². The van der Waals surface area contributed by atoms with Crippen molar-refractivity contribution in [3.05, 3.63) is 49.1 Å². The molecule has 0 saturated carbocycles. The van der Waals surface area contributed by atoms with Crippen molar-refractivity contribution in [2.45, 2.75) is 83.5 Å². The van der Waals surface area contributed by atoms with Crippen molar-refractivity contribution in [1.29, 1.82) is 0 Å². The number of aliphatic hydroxyl groups is 2. The van der Waals surface area contributed by atoms with E-state index in [9.17, 15) is 19.8 Å². The lowest BCUT2D eigenvalue weighted by atomic mass is 9.66. The molecule has 0 aromatic rings. The first-order valence-electron chi connectivity index (χ1n) is 12.0. The fourth-order valence-electron chi connectivity index (χ4n) is 5.22. The molecule has 0 spiro atoms. The minimum absolute atomic E-state index is 0.0382. The molecule has 2 aliphatic rings. The van der Waals surface area contributed by atoms with Gasteiger partial charge in [0.2, 0.25) is 0 Å². The minimum atomic E-state index is -1.08. The topological polar surface area (TPSA) is 104 Å². The zero-order valence-electron chi connectivity index (χ0n) is 20.0. The Balaban J connectivity index is 2.12. The molecule has 0 amide bonds. The highest BCUT2D eigenvalue weighted by molar-refractivity contribution is 5.77. The average molecular weight is 461 g/mol. The van der Waals surface area contributed by atoms with Gasteiger partial charge in [0, 0.05) is 5.92 Å². The Kier molecular flexibility index (Phi) is 10.1. The normalized spacial score (nSPS) is 26.5. The third-order valence-electron chi connectivity index (χ3n) is 7.07. The first-order valence-corrected chi connectivity index (χ1v) is 12.0. The highest BCUT2D eigenvalue weighted by Crippen LogP contribution is 2.44. The number of carbonyl (C=O) groups is 2. The second-order valence-electron chi connectivity index (χ2n) is 9.90. The zero-order chi connectivity index (χ0) is 24.6. The van der Waals surface area contributed by atoms with E-state index in [1.54, 1.807) is 12.2 Å². The van der Waals surface area contributed by atoms with Crippen molar-refractivity contribution in [2.24, 2.45) is 23.2 Å². The zero-order valence-corrected chi connectivity index (χ0v) is 20.0. The van der Waals surface area contributed by atoms with Crippen LogP contribution in [-0.2, 0) is 14.3 Å². The average Bonchev–Trinajstić information content (AvgIpc) is 2.73. The summed E-state index contributed by atoms with van der Waals surface area (Å²) in [6.45, 7) is 11.6. The van der Waals surface area contributed by atoms with Gasteiger partial charge < -0.3 is 20.1 Å². The van der Waals surface area contributed by atoms with Crippen LogP contribution in [0.5, 0.6) is 0 Å². The molecule has 0 aromatic heterocycles. The smallest absolute Gasteiger partial charge is 0.312 e. The number of carbonyl (C=O) groups excluding carboxylic acids is 1. The summed E-state index contributed by atoms with van der Waals surface area (Å²) in [5, 5.41) is 29.0. The monoisotopic (exact) mass is 460 g/mol. The van der Waals surface area contributed by atoms with Crippen LogP contribution in [0, 0.1) is 23.2 Å². The molecule has 6 unspecified atom stereocenters. The number of rotatable bonds is 13. The van der Waals surface area contributed by atoms with E-state index < -0.39 is 23.6 Å². The third-order valence-corrected chi connectivity index (χ3v) is 7.07. The Bertz CT molecular complexity index is 757. The second-order valence-corrected chi connectivity index (χ2v) is 9.90. The van der Waals surface area contributed by atoms with Crippen molar-refractivity contribution in [1.82, 2.24) is 0 Å². The summed E-state index contributed by atoms with van der Waals surface area (Å²) in [4.78, 5) is 23.9. The highest BCUT2D eigenvalue weighted by atomic mass is 16.5. The van der Waals surface area contributed by atoms with Crippen molar-refractivity contribution in [2.75, 3.05) is 0 Å². The van der Waals surface area contributed by atoms with Crippen LogP contribution in [0.15, 0.2) is 49.1 Å². The lowest BCUT2D eigenvalue weighted by Crippen LogP contribution is -2.42. The maximum absolute atomic E-state index is 13.2. The van der Waals surface area contributed by atoms with Gasteiger partial charge in [-0.1, -0.05) is 37.3 Å². The molecule has 6 atom stereocenters. The van der Waals surface area contributed by atoms with Gasteiger partial charge in [-0.25, -0.2) is 0 Å². The highest BCUT2D eigenvalue weighted by Gasteiger charge is 2.42. The van der Waals surface area contributed by atoms with Crippen LogP contribution in [-0.4, -0.2) is 45.6 Å². The van der Waals surface area contributed by atoms with Crippen LogP contribution in [0.2, 0.25) is 0 Å². The number of ether oxygens (including phenoxy) is 1. The molecule has 3 N–H and O–H groups in total. The van der Waals surface area contributed by atoms with Gasteiger partial charge in [-0.3, -0.25) is 9.59 Å². The molecule has 33 heavy (non-hydrogen) atoms. The molecule has 6 nitrogen and oxygen atoms in total. The number of aliphatic hydroxyl groups excluding tert-OH is 2. The van der Waals surface area contributed by atoms with Crippen LogP contribution in [0.3, 0.4) is 0 Å². The lowest BCUT2D eigenvalue weighted by Gasteiger charge is -2.42. The van der Waals surface area contributed by atoms with Crippen molar-refractivity contribution in [3.63, 3.8) is 0 Å². The third kappa shape index (κ3) is 7.41. The van der Waals surface area contributed by atoms with Gasteiger partial charge >= 0.3 is 11.9 Å². The summed E-state index contributed by atoms with van der Waals surface area (Å²) in [6.07, 6.45) is 11.4. The van der Waals surface area contributed by atoms with E-state index in [1.807, 2.05) is 6.92 Å². The number of hydrogen-bond donors (Lipinski definition) is 3. The van der Waals surface area contributed by atoms with Crippen LogP contribution in [0.4, 0.5) is 0 Å². The number of fused-ring (bicyclic) bond motifs is 1. The van der Waals surface area contributed by atoms with Crippen molar-refractivity contribution < 1.29 is 29.6 Å². The van der Waals surface area contributed by atoms with E-state index in [-0.39, 0.29) is 42.7 Å². The Morgan fingerprint density at radius 1 is 1.24 bits per heavy atom. The summed E-state index contributed by atoms with van der Waals surface area (Å²) in [5.41, 5.74) is 0.490. The first kappa shape index (κ1) is 27.1. The van der Waals surface area contributed by atoms with E-state index in [0.29, 0.717) is 25.7 Å². The maximum Gasteiger partial charge on any atom is 0.312 e. The summed E-state index contributed by atoms with van der Waals surface area (Å²) in [7, 11) is 0. The summed E-state index contributed by atoms with van der Waals surface area (Å²) in [6, 6.07) is 0. The number of carboxylic acid groups (broad SMARTS) is 1. The molecular formula is C27H40O6. The van der Waals surface area contributed by atoms with Gasteiger partial charge in [-0.2, -0.15) is 0 Å². The molecule has 2 aliphatic carbocycles. The summed E-state index contributed by atoms with van der Waals surface area (Å²) < 4.78 is 6.15. The van der Waals surface area contributed by atoms with Gasteiger partial charge in [-0.05, 0) is 69.3 Å². The van der Waals surface area contributed by atoms with Gasteiger partial charge in [0.25, 0.3) is 0 Å². The Morgan fingerprint density at radius 2 is 1.91 bits per heavy atom. The molecular weight excluding hydrogens is 420 g/mol. The molecule has 0 aromatic carbocycles. The number of carboxylic acids is 1. The fraction of sp³-hybridized carbons (Fsp3) is 0.630. The molecule has 0 fully saturated rings. The largest absolute Gasteiger partial charge is 0.481 e. The van der Waals surface area contributed by atoms with Crippen LogP contribution >= 0.6 is 0 Å². The lowest BCUT2D eigenvalue weighted by molar-refractivity contribution is -0.164. The summed E-state index contributed by atoms with van der Waals surface area (Å²) in [5.74, 6) is -0.838. The van der Waals surface area contributed by atoms with Crippen LogP contribution in [0.25, 0.3) is 0 Å². The quantitative estimate of drug-likeness (QED) is 0.274. The van der Waals surface area contributed by atoms with Gasteiger partial charge in [0.15, 0.2) is 0 Å². The van der Waals surface area contributed by atoms with Crippen LogP contribution < -0.4 is 0 Å². The number of allylic oxidation sites excluding steroid dienone is 5. The Morgan fingerprint density at radius 3 is 2.52 bits per heavy atom. The number of hydrogen-bond acceptors (Lipinski definition) is 5. The van der Waals surface area contributed by atoms with Crippen LogP contribution in [0.1, 0.15) is 65.2 Å². The Labute approximate surface area is 197 Å². The molecule has 0 aliphatic heterocycles. The maximum atomic E-state index is 13.2. The van der Waals surface area contributed by atoms with E-state index >= 15 is 0 Å². The SMILES string of the molecule is C=CCC(C)(CC=C)C(=O)OC1CCC=C2C=CC(C)C(CCC(O)CC(O)CC(=O)O)C21. The Hall–Kier alpha value is -2.18. The fourth-order valence-corrected chi connectivity index (χ4v) is 5.22. The van der Waals surface area contributed by atoms with E-state index in [4.69, 9.17) is 9.84 Å². The van der Waals surface area contributed by atoms with Gasteiger partial charge in [0.1, 0.15) is 6.10 Å². The molecule has 0 bridgehead atoms. The van der Waals surface area contributed by atoms with Gasteiger partial charge in [-0.15, -0.1) is 13.2 Å². The number of esters is 1. The molecule has 0 radical (unpaired) electrons. The predicted octanol–water partition coefficient (Wildman–Crippen LogP) is 4.58. The standard InChI is InChI=1S/C27H40O6/c1-5-14-27(4,15-6-2)26(32)33-23-9-7-8-19-11-10-18(3)22(25(19)23)13-12-20(28)16-21(29)17-24(30)31/h5-6,8,10-11,18,20-23,25,28-29H,1-2,7,9,12-17H2,3-4H3,(H,30,31). The predicted molar refractivity (Wildman–Crippen MR) is 128 cm³/mol. The number of aliphatic carboxylic acids is 1. The van der Waals surface area contributed by atoms with Gasteiger partial charge in [0.05, 0.1) is 24.0 Å². The summed E-state index contributed by atoms with van der Waals surface area (Å²) >= 11 is 0. The van der Waals surface area contributed by atoms with E-state index in [1.165, 1.54) is 5.57 Å². The van der Waals surface area contributed by atoms with E-state index in [0.717, 1.165) is 12.8 Å². The molecule has 184 valence electrons. The first-order chi connectivity index (χ1) is 15.6. The molecule has 0 saturated heterocycles. The second kappa shape index (κ2) is 12.3. The van der Waals surface area contributed by atoms with E-state index in [2.05, 4.69) is 38.3 Å². The molecule has 6 heteroatoms. The molecule has 2 rings (SSSR count). The molecule has 0 heterocycles. The van der Waals surface area contributed by atoms with Crippen molar-refractivity contribution >= 4 is 11.9 Å². The minimum Gasteiger partial charge on any atom is -0.481 e.